The molecule has 0 spiro atoms. The third-order valence-corrected chi connectivity index (χ3v) is 3.37. The van der Waals surface area contributed by atoms with Gasteiger partial charge >= 0.3 is 0 Å². The summed E-state index contributed by atoms with van der Waals surface area (Å²) in [7, 11) is 0. The Bertz CT molecular complexity index is 486. The molecule has 1 aromatic rings. The van der Waals surface area contributed by atoms with Gasteiger partial charge in [0.25, 0.3) is 5.91 Å². The summed E-state index contributed by atoms with van der Waals surface area (Å²) in [6.45, 7) is 2.96. The highest BCUT2D eigenvalue weighted by atomic mass is 16.7. The van der Waals surface area contributed by atoms with Gasteiger partial charge < -0.3 is 24.8 Å². The lowest BCUT2D eigenvalue weighted by Gasteiger charge is -2.29. The number of benzene rings is 1. The number of aliphatic hydroxyl groups excluding tert-OH is 1. The number of aliphatic hydroxyl groups is 1. The molecule has 1 aromatic carbocycles. The van der Waals surface area contributed by atoms with Crippen molar-refractivity contribution in [1.82, 2.24) is 10.2 Å². The molecule has 6 heteroatoms. The van der Waals surface area contributed by atoms with E-state index >= 15 is 0 Å². The maximum absolute atomic E-state index is 12.2. The van der Waals surface area contributed by atoms with E-state index in [0.717, 1.165) is 13.1 Å². The van der Waals surface area contributed by atoms with Gasteiger partial charge in [-0.05, 0) is 17.7 Å². The summed E-state index contributed by atoms with van der Waals surface area (Å²) < 4.78 is 10.4. The van der Waals surface area contributed by atoms with Crippen molar-refractivity contribution in [2.24, 2.45) is 0 Å². The van der Waals surface area contributed by atoms with E-state index in [1.165, 1.54) is 0 Å². The van der Waals surface area contributed by atoms with Gasteiger partial charge in [0, 0.05) is 26.2 Å². The highest BCUT2D eigenvalue weighted by Gasteiger charge is 2.26. The third kappa shape index (κ3) is 2.36. The van der Waals surface area contributed by atoms with Crippen LogP contribution in [0.3, 0.4) is 0 Å². The normalized spacial score (nSPS) is 19.3. The van der Waals surface area contributed by atoms with Crippen LogP contribution in [0.25, 0.3) is 0 Å². The van der Waals surface area contributed by atoms with Crippen molar-refractivity contribution in [3.63, 3.8) is 0 Å². The largest absolute Gasteiger partial charge is 0.454 e. The van der Waals surface area contributed by atoms with Crippen molar-refractivity contribution in [2.75, 3.05) is 33.0 Å². The van der Waals surface area contributed by atoms with E-state index in [2.05, 4.69) is 5.32 Å². The zero-order valence-corrected chi connectivity index (χ0v) is 10.5. The van der Waals surface area contributed by atoms with Crippen LogP contribution in [0.2, 0.25) is 0 Å². The maximum atomic E-state index is 12.2. The van der Waals surface area contributed by atoms with Crippen molar-refractivity contribution < 1.29 is 19.4 Å². The van der Waals surface area contributed by atoms with Crippen molar-refractivity contribution in [3.8, 4) is 11.5 Å². The Hall–Kier alpha value is -1.79. The molecule has 19 heavy (non-hydrogen) atoms. The van der Waals surface area contributed by atoms with Crippen LogP contribution in [-0.4, -0.2) is 48.9 Å². The van der Waals surface area contributed by atoms with Crippen molar-refractivity contribution in [2.45, 2.75) is 6.10 Å². The standard InChI is InChI=1S/C13H16N2O4/c16-12(13(17)15-5-3-14-4-6-15)9-1-2-10-11(7-9)19-8-18-10/h1-2,7,12,14,16H,3-6,8H2. The molecule has 102 valence electrons. The topological polar surface area (TPSA) is 71.0 Å². The molecule has 0 aliphatic carbocycles. The molecule has 2 heterocycles. The molecular weight excluding hydrogens is 248 g/mol. The van der Waals surface area contributed by atoms with Crippen LogP contribution in [0.15, 0.2) is 18.2 Å². The molecule has 2 aliphatic heterocycles. The van der Waals surface area contributed by atoms with E-state index in [0.29, 0.717) is 30.2 Å². The Kier molecular flexibility index (Phi) is 3.27. The first kappa shape index (κ1) is 12.3. The molecule has 0 radical (unpaired) electrons. The number of ether oxygens (including phenoxy) is 2. The van der Waals surface area contributed by atoms with E-state index in [-0.39, 0.29) is 12.7 Å². The van der Waals surface area contributed by atoms with Gasteiger partial charge in [-0.3, -0.25) is 4.79 Å². The average molecular weight is 264 g/mol. The van der Waals surface area contributed by atoms with Crippen molar-refractivity contribution in [3.05, 3.63) is 23.8 Å². The van der Waals surface area contributed by atoms with Crippen LogP contribution in [0, 0.1) is 0 Å². The summed E-state index contributed by atoms with van der Waals surface area (Å²) in [5.74, 6) is 0.954. The maximum Gasteiger partial charge on any atom is 0.256 e. The molecule has 6 nitrogen and oxygen atoms in total. The van der Waals surface area contributed by atoms with Crippen LogP contribution in [0.4, 0.5) is 0 Å². The number of rotatable bonds is 2. The number of nitrogens with zero attached hydrogens (tertiary/aromatic N) is 1. The summed E-state index contributed by atoms with van der Waals surface area (Å²) in [5.41, 5.74) is 0.535. The van der Waals surface area contributed by atoms with Gasteiger partial charge in [0.1, 0.15) is 0 Å². The number of hydrogen-bond donors (Lipinski definition) is 2. The third-order valence-electron chi connectivity index (χ3n) is 3.37. The summed E-state index contributed by atoms with van der Waals surface area (Å²) >= 11 is 0. The summed E-state index contributed by atoms with van der Waals surface area (Å²) in [4.78, 5) is 13.8. The fourth-order valence-electron chi connectivity index (χ4n) is 2.28. The molecule has 3 rings (SSSR count). The van der Waals surface area contributed by atoms with Crippen molar-refractivity contribution in [1.29, 1.82) is 0 Å². The van der Waals surface area contributed by atoms with Crippen molar-refractivity contribution >= 4 is 5.91 Å². The molecule has 0 bridgehead atoms. The van der Waals surface area contributed by atoms with Gasteiger partial charge in [0.2, 0.25) is 6.79 Å². The minimum atomic E-state index is -1.15. The quantitative estimate of drug-likeness (QED) is 0.779. The number of carbonyl (C=O) groups excluding carboxylic acids is 1. The Morgan fingerprint density at radius 1 is 1.26 bits per heavy atom. The molecule has 2 aliphatic rings. The first-order chi connectivity index (χ1) is 9.25. The predicted octanol–water partition coefficient (Wildman–Crippen LogP) is -0.120. The summed E-state index contributed by atoms with van der Waals surface area (Å²) in [5, 5.41) is 13.3. The fraction of sp³-hybridized carbons (Fsp3) is 0.462. The second-order valence-corrected chi connectivity index (χ2v) is 4.59. The van der Waals surface area contributed by atoms with Gasteiger partial charge in [0.15, 0.2) is 17.6 Å². The Labute approximate surface area is 110 Å². The molecular formula is C13H16N2O4. The molecule has 0 saturated carbocycles. The van der Waals surface area contributed by atoms with Gasteiger partial charge in [-0.25, -0.2) is 0 Å². The number of amides is 1. The number of carbonyl (C=O) groups is 1. The Balaban J connectivity index is 1.75. The zero-order valence-electron chi connectivity index (χ0n) is 10.5. The SMILES string of the molecule is O=C(C(O)c1ccc2c(c1)OCO2)N1CCNCC1. The number of piperazine rings is 1. The first-order valence-corrected chi connectivity index (χ1v) is 6.33. The summed E-state index contributed by atoms with van der Waals surface area (Å²) in [6, 6.07) is 5.07. The molecule has 1 atom stereocenters. The van der Waals surface area contributed by atoms with Crippen LogP contribution in [0.1, 0.15) is 11.7 Å². The monoisotopic (exact) mass is 264 g/mol. The highest BCUT2D eigenvalue weighted by molar-refractivity contribution is 5.82. The molecule has 1 unspecified atom stereocenters. The van der Waals surface area contributed by atoms with E-state index in [1.54, 1.807) is 23.1 Å². The number of hydrogen-bond acceptors (Lipinski definition) is 5. The Morgan fingerprint density at radius 3 is 2.79 bits per heavy atom. The fourth-order valence-corrected chi connectivity index (χ4v) is 2.28. The van der Waals surface area contributed by atoms with Gasteiger partial charge in [-0.15, -0.1) is 0 Å². The lowest BCUT2D eigenvalue weighted by molar-refractivity contribution is -0.141. The molecule has 2 N–H and O–H groups in total. The van der Waals surface area contributed by atoms with E-state index in [9.17, 15) is 9.90 Å². The van der Waals surface area contributed by atoms with Crippen LogP contribution in [0.5, 0.6) is 11.5 Å². The second kappa shape index (κ2) is 5.07. The lowest BCUT2D eigenvalue weighted by atomic mass is 10.1. The van der Waals surface area contributed by atoms with Crippen LogP contribution < -0.4 is 14.8 Å². The Morgan fingerprint density at radius 2 is 2.00 bits per heavy atom. The average Bonchev–Trinajstić information content (AvgIpc) is 2.94. The molecule has 1 fully saturated rings. The van der Waals surface area contributed by atoms with E-state index in [1.807, 2.05) is 0 Å². The number of nitrogens with one attached hydrogen (secondary N) is 1. The smallest absolute Gasteiger partial charge is 0.256 e. The minimum Gasteiger partial charge on any atom is -0.454 e. The molecule has 0 aromatic heterocycles. The van der Waals surface area contributed by atoms with Crippen LogP contribution in [-0.2, 0) is 4.79 Å². The lowest BCUT2D eigenvalue weighted by Crippen LogP contribution is -2.48. The minimum absolute atomic E-state index is 0.181. The molecule has 1 saturated heterocycles. The zero-order chi connectivity index (χ0) is 13.2. The van der Waals surface area contributed by atoms with Gasteiger partial charge in [-0.1, -0.05) is 6.07 Å². The van der Waals surface area contributed by atoms with Gasteiger partial charge in [0.05, 0.1) is 0 Å². The second-order valence-electron chi connectivity index (χ2n) is 4.59. The van der Waals surface area contributed by atoms with Gasteiger partial charge in [-0.2, -0.15) is 0 Å². The number of fused-ring (bicyclic) bond motifs is 1. The highest BCUT2D eigenvalue weighted by Crippen LogP contribution is 2.34. The predicted molar refractivity (Wildman–Crippen MR) is 67.0 cm³/mol. The van der Waals surface area contributed by atoms with E-state index < -0.39 is 6.10 Å². The summed E-state index contributed by atoms with van der Waals surface area (Å²) in [6.07, 6.45) is -1.15. The van der Waals surface area contributed by atoms with E-state index in [4.69, 9.17) is 9.47 Å². The van der Waals surface area contributed by atoms with Crippen LogP contribution >= 0.6 is 0 Å². The first-order valence-electron chi connectivity index (χ1n) is 6.33. The molecule has 1 amide bonds.